The second kappa shape index (κ2) is 6.16. The summed E-state index contributed by atoms with van der Waals surface area (Å²) in [5.41, 5.74) is 3.75. The number of likely N-dealkylation sites (N-methyl/N-ethyl adjacent to an activating group) is 1. The first-order valence-corrected chi connectivity index (χ1v) is 7.13. The summed E-state index contributed by atoms with van der Waals surface area (Å²) in [7, 11) is 1.91. The smallest absolute Gasteiger partial charge is 0.0890 e. The van der Waals surface area contributed by atoms with E-state index in [2.05, 4.69) is 20.3 Å². The lowest BCUT2D eigenvalue weighted by atomic mass is 10.0. The summed E-state index contributed by atoms with van der Waals surface area (Å²) < 4.78 is 0. The van der Waals surface area contributed by atoms with Crippen LogP contribution in [0.15, 0.2) is 48.9 Å². The molecular weight excluding hydrogens is 284 g/mol. The van der Waals surface area contributed by atoms with Gasteiger partial charge in [0.05, 0.1) is 34.0 Å². The van der Waals surface area contributed by atoms with Crippen molar-refractivity contribution < 1.29 is 0 Å². The predicted octanol–water partition coefficient (Wildman–Crippen LogP) is 3.18. The number of benzene rings is 1. The number of hydrogen-bond donors (Lipinski definition) is 1. The molecule has 0 spiro atoms. The van der Waals surface area contributed by atoms with Crippen LogP contribution in [0.2, 0.25) is 5.02 Å². The summed E-state index contributed by atoms with van der Waals surface area (Å²) in [4.78, 5) is 13.2. The van der Waals surface area contributed by atoms with E-state index in [1.807, 2.05) is 43.6 Å². The predicted molar refractivity (Wildman–Crippen MR) is 84.3 cm³/mol. The maximum atomic E-state index is 6.18. The molecule has 0 aliphatic carbocycles. The minimum Gasteiger partial charge on any atom is -0.311 e. The van der Waals surface area contributed by atoms with Gasteiger partial charge in [-0.2, -0.15) is 0 Å². The minimum absolute atomic E-state index is 0.0574. The molecule has 1 atom stereocenters. The van der Waals surface area contributed by atoms with Crippen molar-refractivity contribution in [3.63, 3.8) is 0 Å². The average Bonchev–Trinajstić information content (AvgIpc) is 2.54. The molecule has 0 bridgehead atoms. The van der Waals surface area contributed by atoms with Crippen LogP contribution >= 0.6 is 11.6 Å². The maximum absolute atomic E-state index is 6.18. The fraction of sp³-hybridized carbons (Fsp3) is 0.188. The van der Waals surface area contributed by atoms with Gasteiger partial charge in [-0.3, -0.25) is 9.97 Å². The zero-order valence-corrected chi connectivity index (χ0v) is 12.4. The van der Waals surface area contributed by atoms with Gasteiger partial charge in [0.1, 0.15) is 0 Å². The first-order chi connectivity index (χ1) is 10.3. The maximum Gasteiger partial charge on any atom is 0.0890 e. The van der Waals surface area contributed by atoms with Gasteiger partial charge in [0.25, 0.3) is 0 Å². The van der Waals surface area contributed by atoms with Crippen molar-refractivity contribution in [2.75, 3.05) is 7.05 Å². The number of halogens is 1. The van der Waals surface area contributed by atoms with Crippen molar-refractivity contribution >= 4 is 22.6 Å². The van der Waals surface area contributed by atoms with Crippen LogP contribution < -0.4 is 5.32 Å². The Balaban J connectivity index is 1.93. The number of fused-ring (bicyclic) bond motifs is 1. The molecule has 21 heavy (non-hydrogen) atoms. The number of para-hydroxylation sites is 2. The highest BCUT2D eigenvalue weighted by Gasteiger charge is 2.14. The molecule has 3 aromatic rings. The van der Waals surface area contributed by atoms with Crippen molar-refractivity contribution in [3.05, 3.63) is 65.2 Å². The van der Waals surface area contributed by atoms with E-state index in [9.17, 15) is 0 Å². The van der Waals surface area contributed by atoms with Gasteiger partial charge in [0.15, 0.2) is 0 Å². The zero-order chi connectivity index (χ0) is 14.7. The van der Waals surface area contributed by atoms with E-state index in [1.54, 1.807) is 12.4 Å². The number of aromatic nitrogens is 3. The third-order valence-corrected chi connectivity index (χ3v) is 3.79. The van der Waals surface area contributed by atoms with Gasteiger partial charge >= 0.3 is 0 Å². The molecule has 5 heteroatoms. The summed E-state index contributed by atoms with van der Waals surface area (Å²) in [6, 6.07) is 9.85. The second-order valence-electron chi connectivity index (χ2n) is 4.80. The van der Waals surface area contributed by atoms with Crippen LogP contribution in [0.3, 0.4) is 0 Å². The van der Waals surface area contributed by atoms with E-state index >= 15 is 0 Å². The Morgan fingerprint density at radius 1 is 1.14 bits per heavy atom. The Hall–Kier alpha value is -2.04. The fourth-order valence-electron chi connectivity index (χ4n) is 2.28. The summed E-state index contributed by atoms with van der Waals surface area (Å²) in [6.45, 7) is 0. The van der Waals surface area contributed by atoms with Crippen molar-refractivity contribution in [2.24, 2.45) is 0 Å². The van der Waals surface area contributed by atoms with Crippen LogP contribution in [0, 0.1) is 0 Å². The lowest BCUT2D eigenvalue weighted by Crippen LogP contribution is -2.20. The highest BCUT2D eigenvalue weighted by atomic mass is 35.5. The van der Waals surface area contributed by atoms with Crippen molar-refractivity contribution in [3.8, 4) is 0 Å². The average molecular weight is 299 g/mol. The molecule has 1 N–H and O–H groups in total. The molecule has 2 heterocycles. The lowest BCUT2D eigenvalue weighted by Gasteiger charge is -2.16. The van der Waals surface area contributed by atoms with E-state index in [-0.39, 0.29) is 6.04 Å². The summed E-state index contributed by atoms with van der Waals surface area (Å²) in [5.74, 6) is 0. The Morgan fingerprint density at radius 2 is 1.95 bits per heavy atom. The number of nitrogens with zero attached hydrogens (tertiary/aromatic N) is 3. The van der Waals surface area contributed by atoms with Crippen LogP contribution in [0.4, 0.5) is 0 Å². The number of hydrogen-bond acceptors (Lipinski definition) is 4. The van der Waals surface area contributed by atoms with Gasteiger partial charge in [-0.15, -0.1) is 0 Å². The molecule has 0 saturated carbocycles. The second-order valence-corrected chi connectivity index (χ2v) is 5.20. The SMILES string of the molecule is CNC(Cc1ccncc1Cl)c1cnc2ccccc2n1. The molecule has 0 aliphatic heterocycles. The van der Waals surface area contributed by atoms with Gasteiger partial charge in [0, 0.05) is 12.4 Å². The number of pyridine rings is 1. The van der Waals surface area contributed by atoms with Crippen LogP contribution in [0.5, 0.6) is 0 Å². The Kier molecular flexibility index (Phi) is 4.08. The van der Waals surface area contributed by atoms with Crippen molar-refractivity contribution in [1.82, 2.24) is 20.3 Å². The molecule has 4 nitrogen and oxygen atoms in total. The first kappa shape index (κ1) is 13.9. The lowest BCUT2D eigenvalue weighted by molar-refractivity contribution is 0.575. The molecule has 0 saturated heterocycles. The first-order valence-electron chi connectivity index (χ1n) is 6.75. The van der Waals surface area contributed by atoms with E-state index in [0.717, 1.165) is 28.7 Å². The number of nitrogens with one attached hydrogen (secondary N) is 1. The minimum atomic E-state index is 0.0574. The van der Waals surface area contributed by atoms with Gasteiger partial charge in [-0.05, 0) is 37.2 Å². The van der Waals surface area contributed by atoms with Gasteiger partial charge in [-0.25, -0.2) is 4.98 Å². The molecular formula is C16H15ClN4. The topological polar surface area (TPSA) is 50.7 Å². The molecule has 2 aromatic heterocycles. The molecule has 1 aromatic carbocycles. The highest BCUT2D eigenvalue weighted by Crippen LogP contribution is 2.22. The monoisotopic (exact) mass is 298 g/mol. The Morgan fingerprint density at radius 3 is 2.71 bits per heavy atom. The summed E-state index contributed by atoms with van der Waals surface area (Å²) in [5, 5.41) is 3.95. The highest BCUT2D eigenvalue weighted by molar-refractivity contribution is 6.31. The Bertz CT molecular complexity index is 760. The molecule has 106 valence electrons. The van der Waals surface area contributed by atoms with Crippen LogP contribution in [0.1, 0.15) is 17.3 Å². The van der Waals surface area contributed by atoms with Gasteiger partial charge in [0.2, 0.25) is 0 Å². The quantitative estimate of drug-likeness (QED) is 0.804. The number of rotatable bonds is 4. The third kappa shape index (κ3) is 3.01. The van der Waals surface area contributed by atoms with E-state index < -0.39 is 0 Å². The van der Waals surface area contributed by atoms with Crippen LogP contribution in [0.25, 0.3) is 11.0 Å². The molecule has 0 radical (unpaired) electrons. The fourth-order valence-corrected chi connectivity index (χ4v) is 2.48. The molecule has 0 amide bonds. The zero-order valence-electron chi connectivity index (χ0n) is 11.6. The van der Waals surface area contributed by atoms with Crippen LogP contribution in [-0.4, -0.2) is 22.0 Å². The molecule has 0 fully saturated rings. The molecule has 1 unspecified atom stereocenters. The molecule has 0 aliphatic rings. The summed E-state index contributed by atoms with van der Waals surface area (Å²) >= 11 is 6.18. The Labute approximate surface area is 128 Å². The normalized spacial score (nSPS) is 12.5. The summed E-state index contributed by atoms with van der Waals surface area (Å²) in [6.07, 6.45) is 5.97. The van der Waals surface area contributed by atoms with E-state index in [1.165, 1.54) is 0 Å². The van der Waals surface area contributed by atoms with E-state index in [4.69, 9.17) is 11.6 Å². The van der Waals surface area contributed by atoms with Gasteiger partial charge < -0.3 is 5.32 Å². The third-order valence-electron chi connectivity index (χ3n) is 3.45. The molecule has 3 rings (SSSR count). The van der Waals surface area contributed by atoms with Crippen molar-refractivity contribution in [2.45, 2.75) is 12.5 Å². The van der Waals surface area contributed by atoms with Crippen molar-refractivity contribution in [1.29, 1.82) is 0 Å². The van der Waals surface area contributed by atoms with Crippen LogP contribution in [-0.2, 0) is 6.42 Å². The largest absolute Gasteiger partial charge is 0.311 e. The standard InChI is InChI=1S/C16H15ClN4/c1-18-15(8-11-6-7-19-9-12(11)17)16-10-20-13-4-2-3-5-14(13)21-16/h2-7,9-10,15,18H,8H2,1H3. The van der Waals surface area contributed by atoms with Gasteiger partial charge in [-0.1, -0.05) is 23.7 Å². The van der Waals surface area contributed by atoms with E-state index in [0.29, 0.717) is 5.02 Å².